The van der Waals surface area contributed by atoms with Crippen molar-refractivity contribution in [2.45, 2.75) is 13.0 Å². The summed E-state index contributed by atoms with van der Waals surface area (Å²) >= 11 is 5.90. The molecule has 0 saturated carbocycles. The van der Waals surface area contributed by atoms with Crippen molar-refractivity contribution in [1.29, 1.82) is 0 Å². The first-order chi connectivity index (χ1) is 13.0. The summed E-state index contributed by atoms with van der Waals surface area (Å²) in [5, 5.41) is 3.70. The van der Waals surface area contributed by atoms with Crippen molar-refractivity contribution in [3.63, 3.8) is 0 Å². The number of amides is 2. The van der Waals surface area contributed by atoms with E-state index in [-0.39, 0.29) is 17.9 Å². The summed E-state index contributed by atoms with van der Waals surface area (Å²) in [7, 11) is 0. The van der Waals surface area contributed by atoms with E-state index in [1.807, 2.05) is 66.4 Å². The van der Waals surface area contributed by atoms with Gasteiger partial charge in [-0.15, -0.1) is 0 Å². The van der Waals surface area contributed by atoms with E-state index in [0.717, 1.165) is 5.56 Å². The molecule has 1 atom stereocenters. The molecule has 0 bridgehead atoms. The lowest BCUT2D eigenvalue weighted by molar-refractivity contribution is -0.123. The molecule has 2 aromatic carbocycles. The Morgan fingerprint density at radius 2 is 1.63 bits per heavy atom. The fraction of sp³-hybridized carbons (Fsp3) is 0.333. The van der Waals surface area contributed by atoms with Gasteiger partial charge in [0.05, 0.1) is 12.6 Å². The van der Waals surface area contributed by atoms with Crippen LogP contribution in [-0.2, 0) is 4.79 Å². The van der Waals surface area contributed by atoms with E-state index in [9.17, 15) is 9.59 Å². The average Bonchev–Trinajstić information content (AvgIpc) is 2.69. The average molecular weight is 386 g/mol. The van der Waals surface area contributed by atoms with Crippen molar-refractivity contribution in [1.82, 2.24) is 15.1 Å². The van der Waals surface area contributed by atoms with Crippen LogP contribution in [0.2, 0.25) is 5.02 Å². The summed E-state index contributed by atoms with van der Waals surface area (Å²) in [6.07, 6.45) is 0. The number of piperazine rings is 1. The van der Waals surface area contributed by atoms with Crippen molar-refractivity contribution in [2.75, 3.05) is 32.7 Å². The summed E-state index contributed by atoms with van der Waals surface area (Å²) < 4.78 is 0. The molecular formula is C21H24ClN3O2. The molecule has 1 fully saturated rings. The molecule has 0 spiro atoms. The highest BCUT2D eigenvalue weighted by molar-refractivity contribution is 6.30. The van der Waals surface area contributed by atoms with Crippen LogP contribution in [0.1, 0.15) is 28.9 Å². The zero-order valence-corrected chi connectivity index (χ0v) is 16.2. The van der Waals surface area contributed by atoms with Gasteiger partial charge in [-0.1, -0.05) is 41.9 Å². The van der Waals surface area contributed by atoms with Gasteiger partial charge < -0.3 is 10.2 Å². The van der Waals surface area contributed by atoms with Crippen molar-refractivity contribution >= 4 is 23.4 Å². The highest BCUT2D eigenvalue weighted by Gasteiger charge is 2.23. The zero-order chi connectivity index (χ0) is 19.2. The van der Waals surface area contributed by atoms with Crippen LogP contribution in [0.5, 0.6) is 0 Å². The predicted molar refractivity (Wildman–Crippen MR) is 107 cm³/mol. The maximum Gasteiger partial charge on any atom is 0.253 e. The Labute approximate surface area is 164 Å². The lowest BCUT2D eigenvalue weighted by atomic mass is 10.1. The third kappa shape index (κ3) is 5.31. The number of hydrogen-bond donors (Lipinski definition) is 1. The van der Waals surface area contributed by atoms with E-state index in [4.69, 9.17) is 11.6 Å². The minimum absolute atomic E-state index is 0.0136. The lowest BCUT2D eigenvalue weighted by Crippen LogP contribution is -2.51. The predicted octanol–water partition coefficient (Wildman–Crippen LogP) is 2.98. The van der Waals surface area contributed by atoms with Crippen LogP contribution in [0.15, 0.2) is 54.6 Å². The van der Waals surface area contributed by atoms with Crippen molar-refractivity contribution in [3.05, 3.63) is 70.7 Å². The molecule has 3 rings (SSSR count). The smallest absolute Gasteiger partial charge is 0.253 e. The third-order valence-corrected chi connectivity index (χ3v) is 5.05. The fourth-order valence-corrected chi connectivity index (χ4v) is 3.32. The lowest BCUT2D eigenvalue weighted by Gasteiger charge is -2.34. The van der Waals surface area contributed by atoms with Gasteiger partial charge in [-0.3, -0.25) is 14.5 Å². The number of hydrogen-bond acceptors (Lipinski definition) is 3. The van der Waals surface area contributed by atoms with E-state index in [1.54, 1.807) is 0 Å². The van der Waals surface area contributed by atoms with Crippen LogP contribution < -0.4 is 5.32 Å². The highest BCUT2D eigenvalue weighted by atomic mass is 35.5. The fourth-order valence-electron chi connectivity index (χ4n) is 3.20. The Balaban J connectivity index is 1.45. The molecule has 5 nitrogen and oxygen atoms in total. The van der Waals surface area contributed by atoms with E-state index < -0.39 is 0 Å². The summed E-state index contributed by atoms with van der Waals surface area (Å²) in [6.45, 7) is 4.95. The number of rotatable bonds is 5. The summed E-state index contributed by atoms with van der Waals surface area (Å²) in [5.74, 6) is 0.0383. The first-order valence-electron chi connectivity index (χ1n) is 9.14. The molecule has 142 valence electrons. The number of benzene rings is 2. The van der Waals surface area contributed by atoms with Gasteiger partial charge in [-0.25, -0.2) is 0 Å². The van der Waals surface area contributed by atoms with Crippen LogP contribution in [-0.4, -0.2) is 54.3 Å². The number of carbonyl (C=O) groups is 2. The summed E-state index contributed by atoms with van der Waals surface area (Å²) in [6, 6.07) is 16.7. The number of nitrogens with one attached hydrogen (secondary N) is 1. The number of carbonyl (C=O) groups excluding carboxylic acids is 2. The van der Waals surface area contributed by atoms with Crippen molar-refractivity contribution < 1.29 is 9.59 Å². The molecular weight excluding hydrogens is 362 g/mol. The highest BCUT2D eigenvalue weighted by Crippen LogP contribution is 2.16. The molecule has 0 aromatic heterocycles. The van der Waals surface area contributed by atoms with E-state index >= 15 is 0 Å². The standard InChI is InChI=1S/C21H24ClN3O2/c1-16(17-7-9-19(22)10-8-17)23-20(26)15-24-11-13-25(14-12-24)21(27)18-5-3-2-4-6-18/h2-10,16H,11-15H2,1H3,(H,23,26). The second-order valence-corrected chi connectivity index (χ2v) is 7.21. The molecule has 2 aromatic rings. The third-order valence-electron chi connectivity index (χ3n) is 4.79. The van der Waals surface area contributed by atoms with Gasteiger partial charge in [0.2, 0.25) is 5.91 Å². The first kappa shape index (κ1) is 19.4. The largest absolute Gasteiger partial charge is 0.348 e. The van der Waals surface area contributed by atoms with Gasteiger partial charge in [0, 0.05) is 36.8 Å². The van der Waals surface area contributed by atoms with Crippen LogP contribution in [0.25, 0.3) is 0 Å². The summed E-state index contributed by atoms with van der Waals surface area (Å²) in [5.41, 5.74) is 1.73. The quantitative estimate of drug-likeness (QED) is 0.860. The molecule has 27 heavy (non-hydrogen) atoms. The number of nitrogens with zero attached hydrogens (tertiary/aromatic N) is 2. The minimum atomic E-state index is -0.0734. The molecule has 6 heteroatoms. The monoisotopic (exact) mass is 385 g/mol. The molecule has 1 N–H and O–H groups in total. The molecule has 1 aliphatic heterocycles. The normalized spacial score (nSPS) is 16.0. The van der Waals surface area contributed by atoms with Gasteiger partial charge in [-0.05, 0) is 36.8 Å². The van der Waals surface area contributed by atoms with Gasteiger partial charge in [-0.2, -0.15) is 0 Å². The van der Waals surface area contributed by atoms with Crippen LogP contribution in [0.4, 0.5) is 0 Å². The molecule has 0 radical (unpaired) electrons. The van der Waals surface area contributed by atoms with Gasteiger partial charge >= 0.3 is 0 Å². The second kappa shape index (κ2) is 9.02. The topological polar surface area (TPSA) is 52.7 Å². The number of halogens is 1. The van der Waals surface area contributed by atoms with Gasteiger partial charge in [0.25, 0.3) is 5.91 Å². The SMILES string of the molecule is CC(NC(=O)CN1CCN(C(=O)c2ccccc2)CC1)c1ccc(Cl)cc1. The zero-order valence-electron chi connectivity index (χ0n) is 15.4. The Hall–Kier alpha value is -2.37. The van der Waals surface area contributed by atoms with Crippen LogP contribution in [0.3, 0.4) is 0 Å². The molecule has 0 aliphatic carbocycles. The molecule has 2 amide bonds. The summed E-state index contributed by atoms with van der Waals surface area (Å²) in [4.78, 5) is 28.7. The van der Waals surface area contributed by atoms with Gasteiger partial charge in [0.15, 0.2) is 0 Å². The first-order valence-corrected chi connectivity index (χ1v) is 9.52. The van der Waals surface area contributed by atoms with Crippen LogP contribution >= 0.6 is 11.6 Å². The maximum atomic E-state index is 12.5. The molecule has 1 saturated heterocycles. The van der Waals surface area contributed by atoms with E-state index in [0.29, 0.717) is 43.3 Å². The van der Waals surface area contributed by atoms with E-state index in [1.165, 1.54) is 0 Å². The minimum Gasteiger partial charge on any atom is -0.348 e. The van der Waals surface area contributed by atoms with Crippen molar-refractivity contribution in [3.8, 4) is 0 Å². The maximum absolute atomic E-state index is 12.5. The Kier molecular flexibility index (Phi) is 6.48. The Morgan fingerprint density at radius 1 is 1.00 bits per heavy atom. The van der Waals surface area contributed by atoms with Gasteiger partial charge in [0.1, 0.15) is 0 Å². The molecule has 1 unspecified atom stereocenters. The molecule has 1 heterocycles. The van der Waals surface area contributed by atoms with E-state index in [2.05, 4.69) is 10.2 Å². The van der Waals surface area contributed by atoms with Crippen molar-refractivity contribution in [2.24, 2.45) is 0 Å². The Bertz CT molecular complexity index is 772. The Morgan fingerprint density at radius 3 is 2.26 bits per heavy atom. The second-order valence-electron chi connectivity index (χ2n) is 6.78. The molecule has 1 aliphatic rings. The van der Waals surface area contributed by atoms with Crippen LogP contribution in [0, 0.1) is 0 Å².